The molecule has 128 valence electrons. The Kier molecular flexibility index (Phi) is 12.6. The van der Waals surface area contributed by atoms with E-state index in [1.54, 1.807) is 25.1 Å². The van der Waals surface area contributed by atoms with Crippen molar-refractivity contribution in [2.75, 3.05) is 32.6 Å². The molecule has 1 rings (SSSR count). The highest BCUT2D eigenvalue weighted by molar-refractivity contribution is 6.32. The number of anilines is 1. The minimum Gasteiger partial charge on any atom is -0.491 e. The van der Waals surface area contributed by atoms with Crippen molar-refractivity contribution in [3.8, 4) is 5.75 Å². The summed E-state index contributed by atoms with van der Waals surface area (Å²) in [6.45, 7) is 3.15. The lowest BCUT2D eigenvalue weighted by molar-refractivity contribution is -0.116. The number of nitrogens with two attached hydrogens (primary N) is 1. The van der Waals surface area contributed by atoms with Gasteiger partial charge in [-0.3, -0.25) is 4.79 Å². The van der Waals surface area contributed by atoms with Crippen LogP contribution in [0.4, 0.5) is 5.69 Å². The number of carbonyl (C=O) groups is 1. The summed E-state index contributed by atoms with van der Waals surface area (Å²) in [7, 11) is 3.95. The second-order valence-electron chi connectivity index (χ2n) is 5.03. The molecular formula is C14H24Cl3N3O2. The molecule has 0 heterocycles. The maximum atomic E-state index is 11.6. The SMILES string of the molecule is CC(N)CC(=O)Nc1ccc(OCCN(C)C)c(Cl)c1.Cl.Cl. The monoisotopic (exact) mass is 371 g/mol. The van der Waals surface area contributed by atoms with Crippen molar-refractivity contribution in [2.45, 2.75) is 19.4 Å². The molecule has 0 aliphatic rings. The van der Waals surface area contributed by atoms with E-state index in [1.165, 1.54) is 0 Å². The molecule has 1 amide bonds. The Hall–Kier alpha value is -0.720. The van der Waals surface area contributed by atoms with Gasteiger partial charge >= 0.3 is 0 Å². The third kappa shape index (κ3) is 9.33. The zero-order valence-electron chi connectivity index (χ0n) is 13.0. The number of hydrogen-bond acceptors (Lipinski definition) is 4. The minimum atomic E-state index is -0.167. The number of nitrogens with one attached hydrogen (secondary N) is 1. The van der Waals surface area contributed by atoms with Gasteiger partial charge in [0.25, 0.3) is 0 Å². The van der Waals surface area contributed by atoms with Crippen molar-refractivity contribution < 1.29 is 9.53 Å². The standard InChI is InChI=1S/C14H22ClN3O2.2ClH/c1-10(16)8-14(19)17-11-4-5-13(12(15)9-11)20-7-6-18(2)3;;/h4-5,9-10H,6-8,16H2,1-3H3,(H,17,19);2*1H. The third-order valence-corrected chi connectivity index (χ3v) is 2.81. The first-order chi connectivity index (χ1) is 9.38. The van der Waals surface area contributed by atoms with E-state index < -0.39 is 0 Å². The van der Waals surface area contributed by atoms with Crippen LogP contribution in [0.3, 0.4) is 0 Å². The van der Waals surface area contributed by atoms with E-state index in [4.69, 9.17) is 22.1 Å². The molecule has 0 aliphatic heterocycles. The second-order valence-corrected chi connectivity index (χ2v) is 5.43. The molecule has 0 fully saturated rings. The fraction of sp³-hybridized carbons (Fsp3) is 0.500. The average Bonchev–Trinajstić information content (AvgIpc) is 2.30. The fourth-order valence-electron chi connectivity index (χ4n) is 1.54. The van der Waals surface area contributed by atoms with Crippen molar-refractivity contribution in [1.82, 2.24) is 4.90 Å². The normalized spacial score (nSPS) is 11.2. The number of ether oxygens (including phenoxy) is 1. The number of hydrogen-bond donors (Lipinski definition) is 2. The predicted octanol–water partition coefficient (Wildman–Crippen LogP) is 2.80. The molecule has 1 unspecified atom stereocenters. The first-order valence-electron chi connectivity index (χ1n) is 6.51. The molecule has 0 radical (unpaired) electrons. The lowest BCUT2D eigenvalue weighted by Crippen LogP contribution is -2.24. The van der Waals surface area contributed by atoms with Gasteiger partial charge in [-0.1, -0.05) is 11.6 Å². The Morgan fingerprint density at radius 2 is 2.05 bits per heavy atom. The summed E-state index contributed by atoms with van der Waals surface area (Å²) in [5, 5.41) is 3.22. The van der Waals surface area contributed by atoms with E-state index in [9.17, 15) is 4.79 Å². The number of halogens is 3. The topological polar surface area (TPSA) is 67.6 Å². The quantitative estimate of drug-likeness (QED) is 0.772. The summed E-state index contributed by atoms with van der Waals surface area (Å²) in [5.41, 5.74) is 6.21. The van der Waals surface area contributed by atoms with E-state index >= 15 is 0 Å². The second kappa shape index (κ2) is 11.8. The minimum absolute atomic E-state index is 0. The molecule has 0 aliphatic carbocycles. The van der Waals surface area contributed by atoms with Gasteiger partial charge in [0.2, 0.25) is 5.91 Å². The first-order valence-corrected chi connectivity index (χ1v) is 6.89. The van der Waals surface area contributed by atoms with Crippen LogP contribution in [-0.4, -0.2) is 44.1 Å². The zero-order valence-corrected chi connectivity index (χ0v) is 15.4. The van der Waals surface area contributed by atoms with Crippen LogP contribution in [-0.2, 0) is 4.79 Å². The summed E-state index contributed by atoms with van der Waals surface area (Å²) in [5.74, 6) is 0.482. The van der Waals surface area contributed by atoms with Gasteiger partial charge in [0.1, 0.15) is 12.4 Å². The molecule has 0 saturated carbocycles. The maximum Gasteiger partial charge on any atom is 0.225 e. The lowest BCUT2D eigenvalue weighted by Gasteiger charge is -2.13. The average molecular weight is 373 g/mol. The molecule has 1 aromatic carbocycles. The molecule has 0 saturated heterocycles. The van der Waals surface area contributed by atoms with E-state index in [0.717, 1.165) is 6.54 Å². The zero-order chi connectivity index (χ0) is 15.1. The van der Waals surface area contributed by atoms with Gasteiger partial charge < -0.3 is 20.7 Å². The molecule has 0 bridgehead atoms. The van der Waals surface area contributed by atoms with E-state index in [2.05, 4.69) is 5.32 Å². The van der Waals surface area contributed by atoms with Crippen LogP contribution in [0.5, 0.6) is 5.75 Å². The van der Waals surface area contributed by atoms with Gasteiger partial charge in [-0.2, -0.15) is 0 Å². The molecule has 0 spiro atoms. The van der Waals surface area contributed by atoms with Gasteiger partial charge in [0.05, 0.1) is 5.02 Å². The highest BCUT2D eigenvalue weighted by Gasteiger charge is 2.08. The number of rotatable bonds is 7. The van der Waals surface area contributed by atoms with Crippen molar-refractivity contribution in [1.29, 1.82) is 0 Å². The van der Waals surface area contributed by atoms with E-state index in [0.29, 0.717) is 23.1 Å². The van der Waals surface area contributed by atoms with Crippen LogP contribution >= 0.6 is 36.4 Å². The number of amides is 1. The molecular weight excluding hydrogens is 349 g/mol. The fourth-order valence-corrected chi connectivity index (χ4v) is 1.77. The van der Waals surface area contributed by atoms with Crippen molar-refractivity contribution in [2.24, 2.45) is 5.73 Å². The number of carbonyl (C=O) groups excluding carboxylic acids is 1. The molecule has 5 nitrogen and oxygen atoms in total. The van der Waals surface area contributed by atoms with Crippen LogP contribution in [0.1, 0.15) is 13.3 Å². The summed E-state index contributed by atoms with van der Waals surface area (Å²) in [6, 6.07) is 5.01. The van der Waals surface area contributed by atoms with Crippen LogP contribution in [0.15, 0.2) is 18.2 Å². The molecule has 1 aromatic rings. The Morgan fingerprint density at radius 3 is 2.55 bits per heavy atom. The van der Waals surface area contributed by atoms with Crippen molar-refractivity contribution in [3.05, 3.63) is 23.2 Å². The van der Waals surface area contributed by atoms with Gasteiger partial charge in [0.15, 0.2) is 0 Å². The van der Waals surface area contributed by atoms with E-state index in [1.807, 2.05) is 19.0 Å². The van der Waals surface area contributed by atoms with Crippen LogP contribution in [0.2, 0.25) is 5.02 Å². The van der Waals surface area contributed by atoms with Crippen LogP contribution in [0.25, 0.3) is 0 Å². The smallest absolute Gasteiger partial charge is 0.225 e. The molecule has 8 heteroatoms. The molecule has 1 atom stereocenters. The summed E-state index contributed by atoms with van der Waals surface area (Å²) in [6.07, 6.45) is 0.276. The highest BCUT2D eigenvalue weighted by Crippen LogP contribution is 2.27. The Morgan fingerprint density at radius 1 is 1.41 bits per heavy atom. The summed E-state index contributed by atoms with van der Waals surface area (Å²) >= 11 is 6.12. The third-order valence-electron chi connectivity index (χ3n) is 2.52. The first kappa shape index (κ1) is 23.5. The van der Waals surface area contributed by atoms with Crippen LogP contribution < -0.4 is 15.8 Å². The lowest BCUT2D eigenvalue weighted by atomic mass is 10.2. The highest BCUT2D eigenvalue weighted by atomic mass is 35.5. The van der Waals surface area contributed by atoms with Gasteiger partial charge in [-0.05, 0) is 39.2 Å². The van der Waals surface area contributed by atoms with Crippen molar-refractivity contribution >= 4 is 48.0 Å². The Balaban J connectivity index is 0. The maximum absolute atomic E-state index is 11.6. The van der Waals surface area contributed by atoms with Crippen molar-refractivity contribution in [3.63, 3.8) is 0 Å². The molecule has 3 N–H and O–H groups in total. The van der Waals surface area contributed by atoms with Gasteiger partial charge in [0, 0.05) is 24.7 Å². The molecule has 22 heavy (non-hydrogen) atoms. The predicted molar refractivity (Wildman–Crippen MR) is 96.9 cm³/mol. The summed E-state index contributed by atoms with van der Waals surface area (Å²) in [4.78, 5) is 13.6. The number of likely N-dealkylation sites (N-methyl/N-ethyl adjacent to an activating group) is 1. The summed E-state index contributed by atoms with van der Waals surface area (Å²) < 4.78 is 5.57. The largest absolute Gasteiger partial charge is 0.491 e. The van der Waals surface area contributed by atoms with E-state index in [-0.39, 0.29) is 43.2 Å². The number of nitrogens with zero attached hydrogens (tertiary/aromatic N) is 1. The van der Waals surface area contributed by atoms with Gasteiger partial charge in [-0.25, -0.2) is 0 Å². The Labute approximate surface area is 149 Å². The number of benzene rings is 1. The van der Waals surface area contributed by atoms with Gasteiger partial charge in [-0.15, -0.1) is 24.8 Å². The molecule has 0 aromatic heterocycles. The Bertz CT molecular complexity index is 457. The van der Waals surface area contributed by atoms with Crippen LogP contribution in [0, 0.1) is 0 Å².